The molecule has 1 aromatic carbocycles. The van der Waals surface area contributed by atoms with Gasteiger partial charge in [-0.25, -0.2) is 0 Å². The molecule has 1 aromatic rings. The summed E-state index contributed by atoms with van der Waals surface area (Å²) in [6.45, 7) is 1.17. The fourth-order valence-corrected chi connectivity index (χ4v) is 2.15. The number of β-amino-alcohol motifs (C(OH)–C–C–N with tert-alkyl or cyclic N) is 1. The third-order valence-electron chi connectivity index (χ3n) is 3.06. The number of amides is 1. The summed E-state index contributed by atoms with van der Waals surface area (Å²) in [4.78, 5) is 13.6. The van der Waals surface area contributed by atoms with Crippen molar-refractivity contribution < 1.29 is 9.90 Å². The third-order valence-corrected chi connectivity index (χ3v) is 3.31. The summed E-state index contributed by atoms with van der Waals surface area (Å²) < 4.78 is 0. The van der Waals surface area contributed by atoms with E-state index in [1.54, 1.807) is 4.90 Å². The van der Waals surface area contributed by atoms with Crippen molar-refractivity contribution in [3.63, 3.8) is 0 Å². The minimum absolute atomic E-state index is 0.122. The fourth-order valence-electron chi connectivity index (χ4n) is 2.03. The summed E-state index contributed by atoms with van der Waals surface area (Å²) in [5.74, 6) is 0.122. The lowest BCUT2D eigenvalue weighted by atomic mass is 10.1. The smallest absolute Gasteiger partial charge is 0.222 e. The van der Waals surface area contributed by atoms with E-state index in [1.165, 1.54) is 0 Å². The Bertz CT molecular complexity index is 391. The zero-order chi connectivity index (χ0) is 12.3. The highest BCUT2D eigenvalue weighted by Crippen LogP contribution is 2.14. The van der Waals surface area contributed by atoms with Crippen LogP contribution in [0.4, 0.5) is 0 Å². The average Bonchev–Trinajstić information content (AvgIpc) is 2.75. The first kappa shape index (κ1) is 12.4. The molecule has 3 nitrogen and oxygen atoms in total. The Morgan fingerprint density at radius 1 is 1.41 bits per heavy atom. The van der Waals surface area contributed by atoms with Crippen molar-refractivity contribution in [2.75, 3.05) is 13.1 Å². The normalized spacial score (nSPS) is 19.6. The maximum atomic E-state index is 11.8. The molecule has 0 radical (unpaired) electrons. The number of benzene rings is 1. The molecule has 0 bridgehead atoms. The molecule has 0 aliphatic carbocycles. The second-order valence-corrected chi connectivity index (χ2v) is 4.85. The van der Waals surface area contributed by atoms with Crippen LogP contribution in [0.3, 0.4) is 0 Å². The largest absolute Gasteiger partial charge is 0.391 e. The zero-order valence-corrected chi connectivity index (χ0v) is 10.4. The van der Waals surface area contributed by atoms with Crippen molar-refractivity contribution in [3.8, 4) is 0 Å². The van der Waals surface area contributed by atoms with Crippen molar-refractivity contribution in [2.45, 2.75) is 25.4 Å². The summed E-state index contributed by atoms with van der Waals surface area (Å²) >= 11 is 5.79. The molecular weight excluding hydrogens is 238 g/mol. The van der Waals surface area contributed by atoms with E-state index in [4.69, 9.17) is 11.6 Å². The van der Waals surface area contributed by atoms with E-state index in [2.05, 4.69) is 0 Å². The van der Waals surface area contributed by atoms with Crippen LogP contribution in [0.25, 0.3) is 0 Å². The van der Waals surface area contributed by atoms with Gasteiger partial charge < -0.3 is 10.0 Å². The van der Waals surface area contributed by atoms with Crippen LogP contribution in [-0.4, -0.2) is 35.1 Å². The van der Waals surface area contributed by atoms with Gasteiger partial charge in [0.15, 0.2) is 0 Å². The van der Waals surface area contributed by atoms with Gasteiger partial charge in [-0.3, -0.25) is 4.79 Å². The van der Waals surface area contributed by atoms with Crippen LogP contribution in [0.1, 0.15) is 18.4 Å². The molecule has 1 heterocycles. The van der Waals surface area contributed by atoms with Crippen LogP contribution in [-0.2, 0) is 11.2 Å². The topological polar surface area (TPSA) is 40.5 Å². The van der Waals surface area contributed by atoms with E-state index in [0.717, 1.165) is 12.0 Å². The standard InChI is InChI=1S/C13H16ClNO2/c14-11-4-1-10(2-5-11)3-6-13(17)15-8-7-12(16)9-15/h1-2,4-5,12,16H,3,6-9H2/t12-/m1/s1. The van der Waals surface area contributed by atoms with Gasteiger partial charge in [-0.05, 0) is 30.5 Å². The number of nitrogens with zero attached hydrogens (tertiary/aromatic N) is 1. The van der Waals surface area contributed by atoms with Crippen molar-refractivity contribution >= 4 is 17.5 Å². The van der Waals surface area contributed by atoms with Crippen molar-refractivity contribution in [1.82, 2.24) is 4.90 Å². The lowest BCUT2D eigenvalue weighted by Gasteiger charge is -2.15. The molecule has 1 aliphatic rings. The van der Waals surface area contributed by atoms with Crippen LogP contribution in [0, 0.1) is 0 Å². The lowest BCUT2D eigenvalue weighted by molar-refractivity contribution is -0.130. The predicted octanol–water partition coefficient (Wildman–Crippen LogP) is 1.87. The molecule has 2 rings (SSSR count). The van der Waals surface area contributed by atoms with Gasteiger partial charge in [0.25, 0.3) is 0 Å². The summed E-state index contributed by atoms with van der Waals surface area (Å²) in [7, 11) is 0. The zero-order valence-electron chi connectivity index (χ0n) is 9.60. The number of hydrogen-bond donors (Lipinski definition) is 1. The molecule has 0 aromatic heterocycles. The van der Waals surface area contributed by atoms with Gasteiger partial charge >= 0.3 is 0 Å². The molecule has 1 fully saturated rings. The van der Waals surface area contributed by atoms with Gasteiger partial charge in [0, 0.05) is 24.5 Å². The number of aryl methyl sites for hydroxylation is 1. The van der Waals surface area contributed by atoms with E-state index in [9.17, 15) is 9.90 Å². The number of carbonyl (C=O) groups excluding carboxylic acids is 1. The number of carbonyl (C=O) groups is 1. The number of hydrogen-bond acceptors (Lipinski definition) is 2. The van der Waals surface area contributed by atoms with E-state index in [0.29, 0.717) is 31.0 Å². The average molecular weight is 254 g/mol. The SMILES string of the molecule is O=C(CCc1ccc(Cl)cc1)N1CC[C@@H](O)C1. The van der Waals surface area contributed by atoms with Crippen molar-refractivity contribution in [3.05, 3.63) is 34.9 Å². The Morgan fingerprint density at radius 2 is 2.12 bits per heavy atom. The summed E-state index contributed by atoms with van der Waals surface area (Å²) in [6, 6.07) is 7.55. The predicted molar refractivity (Wildman–Crippen MR) is 67.0 cm³/mol. The number of halogens is 1. The summed E-state index contributed by atoms with van der Waals surface area (Å²) in [5.41, 5.74) is 1.11. The Hall–Kier alpha value is -1.06. The highest BCUT2D eigenvalue weighted by Gasteiger charge is 2.23. The van der Waals surface area contributed by atoms with Gasteiger partial charge in [-0.2, -0.15) is 0 Å². The Balaban J connectivity index is 1.82. The molecule has 0 saturated carbocycles. The first-order chi connectivity index (χ1) is 8.15. The molecule has 1 atom stereocenters. The van der Waals surface area contributed by atoms with Gasteiger partial charge in [-0.15, -0.1) is 0 Å². The maximum absolute atomic E-state index is 11.8. The fraction of sp³-hybridized carbons (Fsp3) is 0.462. The van der Waals surface area contributed by atoms with E-state index < -0.39 is 0 Å². The van der Waals surface area contributed by atoms with Crippen LogP contribution in [0.5, 0.6) is 0 Å². The van der Waals surface area contributed by atoms with E-state index >= 15 is 0 Å². The Kier molecular flexibility index (Phi) is 4.02. The van der Waals surface area contributed by atoms with Gasteiger partial charge in [0.2, 0.25) is 5.91 Å². The molecule has 1 N–H and O–H groups in total. The molecule has 4 heteroatoms. The van der Waals surface area contributed by atoms with E-state index in [-0.39, 0.29) is 12.0 Å². The molecule has 0 spiro atoms. The molecule has 1 aliphatic heterocycles. The quantitative estimate of drug-likeness (QED) is 0.893. The molecule has 0 unspecified atom stereocenters. The third kappa shape index (κ3) is 3.45. The van der Waals surface area contributed by atoms with Crippen LogP contribution >= 0.6 is 11.6 Å². The number of rotatable bonds is 3. The highest BCUT2D eigenvalue weighted by molar-refractivity contribution is 6.30. The summed E-state index contributed by atoms with van der Waals surface area (Å²) in [5, 5.41) is 10.1. The second kappa shape index (κ2) is 5.52. The van der Waals surface area contributed by atoms with E-state index in [1.807, 2.05) is 24.3 Å². The van der Waals surface area contributed by atoms with Gasteiger partial charge in [0.1, 0.15) is 0 Å². The first-order valence-corrected chi connectivity index (χ1v) is 6.23. The number of likely N-dealkylation sites (tertiary alicyclic amines) is 1. The molecule has 92 valence electrons. The lowest BCUT2D eigenvalue weighted by Crippen LogP contribution is -2.29. The number of aliphatic hydroxyl groups excluding tert-OH is 1. The minimum Gasteiger partial charge on any atom is -0.391 e. The van der Waals surface area contributed by atoms with Crippen molar-refractivity contribution in [1.29, 1.82) is 0 Å². The highest BCUT2D eigenvalue weighted by atomic mass is 35.5. The van der Waals surface area contributed by atoms with Crippen LogP contribution in [0.2, 0.25) is 5.02 Å². The number of aliphatic hydroxyl groups is 1. The minimum atomic E-state index is -0.338. The summed E-state index contributed by atoms with van der Waals surface area (Å²) in [6.07, 6.45) is 1.58. The maximum Gasteiger partial charge on any atom is 0.222 e. The van der Waals surface area contributed by atoms with Gasteiger partial charge in [-0.1, -0.05) is 23.7 Å². The molecule has 1 saturated heterocycles. The monoisotopic (exact) mass is 253 g/mol. The van der Waals surface area contributed by atoms with Crippen LogP contribution < -0.4 is 0 Å². The molecule has 17 heavy (non-hydrogen) atoms. The second-order valence-electron chi connectivity index (χ2n) is 4.41. The molecular formula is C13H16ClNO2. The Labute approximate surface area is 106 Å². The van der Waals surface area contributed by atoms with Gasteiger partial charge in [0.05, 0.1) is 6.10 Å². The van der Waals surface area contributed by atoms with Crippen LogP contribution in [0.15, 0.2) is 24.3 Å². The van der Waals surface area contributed by atoms with Crippen molar-refractivity contribution in [2.24, 2.45) is 0 Å². The first-order valence-electron chi connectivity index (χ1n) is 5.85. The Morgan fingerprint density at radius 3 is 2.71 bits per heavy atom. The molecule has 1 amide bonds.